The van der Waals surface area contributed by atoms with Gasteiger partial charge in [0.15, 0.2) is 0 Å². The molecule has 2 aromatic rings. The van der Waals surface area contributed by atoms with Gasteiger partial charge in [0.1, 0.15) is 0 Å². The maximum Gasteiger partial charge on any atom is 0.219 e. The van der Waals surface area contributed by atoms with Gasteiger partial charge < -0.3 is 4.43 Å². The molecule has 0 N–H and O–H groups in total. The lowest BCUT2D eigenvalue weighted by atomic mass is 10.1. The van der Waals surface area contributed by atoms with Gasteiger partial charge in [0.2, 0.25) is 9.04 Å². The van der Waals surface area contributed by atoms with Crippen LogP contribution < -0.4 is 0 Å². The van der Waals surface area contributed by atoms with Crippen LogP contribution in [0.15, 0.2) is 67.8 Å². The van der Waals surface area contributed by atoms with Gasteiger partial charge in [0, 0.05) is 0 Å². The number of hydrogen-bond acceptors (Lipinski definition) is 1. The molecule has 1 radical (unpaired) electrons. The molecule has 0 aliphatic carbocycles. The lowest BCUT2D eigenvalue weighted by Crippen LogP contribution is -2.15. The van der Waals surface area contributed by atoms with E-state index in [1.165, 1.54) is 16.3 Å². The third-order valence-electron chi connectivity index (χ3n) is 3.06. The minimum atomic E-state index is -0.848. The maximum absolute atomic E-state index is 6.08. The highest BCUT2D eigenvalue weighted by atomic mass is 28.3. The van der Waals surface area contributed by atoms with E-state index < -0.39 is 9.04 Å². The second kappa shape index (κ2) is 7.07. The van der Waals surface area contributed by atoms with E-state index in [1.807, 2.05) is 12.2 Å². The normalized spacial score (nSPS) is 10.8. The Bertz CT molecular complexity index is 547. The van der Waals surface area contributed by atoms with Crippen molar-refractivity contribution in [1.29, 1.82) is 0 Å². The van der Waals surface area contributed by atoms with E-state index in [0.29, 0.717) is 6.61 Å². The van der Waals surface area contributed by atoms with Crippen LogP contribution in [0.1, 0.15) is 5.56 Å². The summed E-state index contributed by atoms with van der Waals surface area (Å²) in [6.07, 6.45) is 3.89. The van der Waals surface area contributed by atoms with E-state index in [1.54, 1.807) is 0 Å². The summed E-state index contributed by atoms with van der Waals surface area (Å²) in [5, 5.41) is 2.55. The highest BCUT2D eigenvalue weighted by Crippen LogP contribution is 2.20. The lowest BCUT2D eigenvalue weighted by molar-refractivity contribution is 0.311. The molecule has 0 saturated heterocycles. The van der Waals surface area contributed by atoms with Crippen LogP contribution in [0.25, 0.3) is 10.8 Å². The van der Waals surface area contributed by atoms with Crippen molar-refractivity contribution in [2.45, 2.75) is 18.7 Å². The number of benzene rings is 2. The van der Waals surface area contributed by atoms with Crippen LogP contribution in [0.4, 0.5) is 0 Å². The summed E-state index contributed by atoms with van der Waals surface area (Å²) < 4.78 is 6.08. The molecule has 19 heavy (non-hydrogen) atoms. The third kappa shape index (κ3) is 3.66. The monoisotopic (exact) mass is 267 g/mol. The van der Waals surface area contributed by atoms with Gasteiger partial charge in [-0.1, -0.05) is 54.6 Å². The highest BCUT2D eigenvalue weighted by molar-refractivity contribution is 6.52. The van der Waals surface area contributed by atoms with Gasteiger partial charge in [-0.25, -0.2) is 0 Å². The Morgan fingerprint density at radius 1 is 0.947 bits per heavy atom. The zero-order valence-electron chi connectivity index (χ0n) is 11.1. The quantitative estimate of drug-likeness (QED) is 0.521. The summed E-state index contributed by atoms with van der Waals surface area (Å²) in [5.74, 6) is 0. The van der Waals surface area contributed by atoms with Crippen LogP contribution in [0.2, 0.25) is 12.1 Å². The Morgan fingerprint density at radius 3 is 2.37 bits per heavy atom. The van der Waals surface area contributed by atoms with Gasteiger partial charge >= 0.3 is 0 Å². The van der Waals surface area contributed by atoms with E-state index in [9.17, 15) is 0 Å². The van der Waals surface area contributed by atoms with Crippen LogP contribution in [0, 0.1) is 0 Å². The van der Waals surface area contributed by atoms with Crippen LogP contribution >= 0.6 is 0 Å². The molecule has 2 rings (SSSR count). The van der Waals surface area contributed by atoms with Crippen molar-refractivity contribution in [3.63, 3.8) is 0 Å². The second-order valence-electron chi connectivity index (χ2n) is 4.45. The third-order valence-corrected chi connectivity index (χ3v) is 5.10. The molecule has 0 aliphatic heterocycles. The van der Waals surface area contributed by atoms with Crippen molar-refractivity contribution in [3.8, 4) is 0 Å². The molecule has 0 heterocycles. The molecule has 2 aromatic carbocycles. The van der Waals surface area contributed by atoms with Crippen molar-refractivity contribution in [2.75, 3.05) is 0 Å². The summed E-state index contributed by atoms with van der Waals surface area (Å²) >= 11 is 0. The molecule has 0 saturated carbocycles. The second-order valence-corrected chi connectivity index (χ2v) is 6.63. The standard InChI is InChI=1S/C17H19OSi/c1-3-12-19(13-4-2)18-14-16-10-7-9-15-8-5-6-11-17(15)16/h3-11H,1-2,12-14H2. The fourth-order valence-corrected chi connectivity index (χ4v) is 3.53. The number of rotatable bonds is 7. The van der Waals surface area contributed by atoms with E-state index >= 15 is 0 Å². The van der Waals surface area contributed by atoms with E-state index in [0.717, 1.165) is 12.1 Å². The fourth-order valence-electron chi connectivity index (χ4n) is 2.12. The van der Waals surface area contributed by atoms with Gasteiger partial charge in [0.05, 0.1) is 6.61 Å². The first-order valence-corrected chi connectivity index (χ1v) is 8.33. The fraction of sp³-hybridized carbons (Fsp3) is 0.176. The Labute approximate surface area is 117 Å². The average molecular weight is 267 g/mol. The largest absolute Gasteiger partial charge is 0.412 e. The summed E-state index contributed by atoms with van der Waals surface area (Å²) in [4.78, 5) is 0. The molecule has 0 aromatic heterocycles. The smallest absolute Gasteiger partial charge is 0.219 e. The number of hydrogen-bond donors (Lipinski definition) is 0. The van der Waals surface area contributed by atoms with Gasteiger partial charge in [-0.05, 0) is 28.4 Å². The van der Waals surface area contributed by atoms with Crippen molar-refractivity contribution in [3.05, 3.63) is 73.3 Å². The van der Waals surface area contributed by atoms with Gasteiger partial charge in [-0.3, -0.25) is 0 Å². The molecule has 1 nitrogen and oxygen atoms in total. The van der Waals surface area contributed by atoms with Gasteiger partial charge in [0.25, 0.3) is 0 Å². The molecule has 0 amide bonds. The topological polar surface area (TPSA) is 9.23 Å². The van der Waals surface area contributed by atoms with E-state index in [4.69, 9.17) is 4.43 Å². The van der Waals surface area contributed by atoms with Crippen molar-refractivity contribution >= 4 is 19.8 Å². The van der Waals surface area contributed by atoms with Crippen molar-refractivity contribution < 1.29 is 4.43 Å². The van der Waals surface area contributed by atoms with E-state index in [-0.39, 0.29) is 0 Å². The summed E-state index contributed by atoms with van der Waals surface area (Å²) in [6, 6.07) is 16.7. The van der Waals surface area contributed by atoms with Gasteiger partial charge in [-0.15, -0.1) is 13.2 Å². The molecule has 0 bridgehead atoms. The maximum atomic E-state index is 6.08. The predicted octanol–water partition coefficient (Wildman–Crippen LogP) is 4.72. The first kappa shape index (κ1) is 13.8. The van der Waals surface area contributed by atoms with Crippen molar-refractivity contribution in [2.24, 2.45) is 0 Å². The molecule has 0 aliphatic rings. The number of fused-ring (bicyclic) bond motifs is 1. The Balaban J connectivity index is 2.12. The molecule has 0 atom stereocenters. The molecule has 0 fully saturated rings. The number of allylic oxidation sites excluding steroid dienone is 2. The molecular formula is C17H19OSi. The molecular weight excluding hydrogens is 248 g/mol. The van der Waals surface area contributed by atoms with Crippen LogP contribution in [-0.2, 0) is 11.0 Å². The SMILES string of the molecule is C=CC[Si](CC=C)OCc1cccc2ccccc12. The molecule has 0 spiro atoms. The molecule has 97 valence electrons. The summed E-state index contributed by atoms with van der Waals surface area (Å²) in [7, 11) is -0.848. The Kier molecular flexibility index (Phi) is 5.13. The zero-order valence-corrected chi connectivity index (χ0v) is 12.1. The van der Waals surface area contributed by atoms with Gasteiger partial charge in [-0.2, -0.15) is 0 Å². The zero-order chi connectivity index (χ0) is 13.5. The Morgan fingerprint density at radius 2 is 1.63 bits per heavy atom. The minimum absolute atomic E-state index is 0.678. The molecule has 0 unspecified atom stereocenters. The minimum Gasteiger partial charge on any atom is -0.412 e. The van der Waals surface area contributed by atoms with Crippen LogP contribution in [0.5, 0.6) is 0 Å². The van der Waals surface area contributed by atoms with E-state index in [2.05, 4.69) is 55.6 Å². The predicted molar refractivity (Wildman–Crippen MR) is 84.5 cm³/mol. The first-order valence-electron chi connectivity index (χ1n) is 6.51. The lowest BCUT2D eigenvalue weighted by Gasteiger charge is -2.13. The summed E-state index contributed by atoms with van der Waals surface area (Å²) in [6.45, 7) is 8.28. The Hall–Kier alpha value is -1.64. The van der Waals surface area contributed by atoms with Crippen LogP contribution in [-0.4, -0.2) is 9.04 Å². The summed E-state index contributed by atoms with van der Waals surface area (Å²) in [5.41, 5.74) is 1.26. The average Bonchev–Trinajstić information content (AvgIpc) is 2.45. The van der Waals surface area contributed by atoms with Crippen LogP contribution in [0.3, 0.4) is 0 Å². The van der Waals surface area contributed by atoms with Crippen molar-refractivity contribution in [1.82, 2.24) is 0 Å². The molecule has 2 heteroatoms. The highest BCUT2D eigenvalue weighted by Gasteiger charge is 2.10. The first-order chi connectivity index (χ1) is 9.35.